The lowest BCUT2D eigenvalue weighted by Crippen LogP contribution is -2.23. The number of hydrogen-bond donors (Lipinski definition) is 1. The molecule has 84 valence electrons. The van der Waals surface area contributed by atoms with Crippen molar-refractivity contribution in [3.63, 3.8) is 0 Å². The van der Waals surface area contributed by atoms with Crippen molar-refractivity contribution in [2.24, 2.45) is 11.7 Å². The van der Waals surface area contributed by atoms with Crippen molar-refractivity contribution >= 4 is 17.7 Å². The lowest BCUT2D eigenvalue weighted by molar-refractivity contribution is -0.117. The van der Waals surface area contributed by atoms with Crippen molar-refractivity contribution in [1.82, 2.24) is 20.2 Å². The third-order valence-electron chi connectivity index (χ3n) is 1.72. The van der Waals surface area contributed by atoms with E-state index < -0.39 is 0 Å². The number of carbonyl (C=O) groups excluding carboxylic acids is 1. The van der Waals surface area contributed by atoms with Crippen LogP contribution in [0, 0.1) is 5.92 Å². The Balaban J connectivity index is 2.68. The Morgan fingerprint density at radius 2 is 2.20 bits per heavy atom. The van der Waals surface area contributed by atoms with Crippen LogP contribution < -0.4 is 5.73 Å². The predicted octanol–water partition coefficient (Wildman–Crippen LogP) is 0.295. The summed E-state index contributed by atoms with van der Waals surface area (Å²) in [5.41, 5.74) is 5.17. The molecule has 1 rings (SSSR count). The van der Waals surface area contributed by atoms with Gasteiger partial charge in [-0.15, -0.1) is 5.10 Å². The first-order chi connectivity index (χ1) is 7.00. The van der Waals surface area contributed by atoms with Gasteiger partial charge in [-0.1, -0.05) is 25.6 Å². The van der Waals surface area contributed by atoms with E-state index in [1.807, 2.05) is 0 Å². The summed E-state index contributed by atoms with van der Waals surface area (Å²) in [4.78, 5) is 10.9. The van der Waals surface area contributed by atoms with Gasteiger partial charge in [-0.3, -0.25) is 4.79 Å². The van der Waals surface area contributed by atoms with Crippen LogP contribution in [0.4, 0.5) is 0 Å². The maximum atomic E-state index is 10.9. The number of nitrogens with two attached hydrogens (primary N) is 1. The molecule has 0 radical (unpaired) electrons. The Bertz CT molecular complexity index is 338. The number of nitrogens with zero attached hydrogens (tertiary/aromatic N) is 4. The maximum Gasteiger partial charge on any atom is 0.230 e. The van der Waals surface area contributed by atoms with Crippen LogP contribution in [0.2, 0.25) is 0 Å². The van der Waals surface area contributed by atoms with Crippen LogP contribution in [-0.4, -0.2) is 31.4 Å². The van der Waals surface area contributed by atoms with Gasteiger partial charge < -0.3 is 5.73 Å². The highest BCUT2D eigenvalue weighted by molar-refractivity contribution is 8.00. The van der Waals surface area contributed by atoms with Gasteiger partial charge in [0.05, 0.1) is 5.25 Å². The molecule has 7 heteroatoms. The molecule has 0 fully saturated rings. The fraction of sp³-hybridized carbons (Fsp3) is 0.750. The van der Waals surface area contributed by atoms with Gasteiger partial charge in [-0.2, -0.15) is 0 Å². The smallest absolute Gasteiger partial charge is 0.230 e. The number of hydrogen-bond acceptors (Lipinski definition) is 5. The van der Waals surface area contributed by atoms with Gasteiger partial charge in [-0.25, -0.2) is 4.68 Å². The van der Waals surface area contributed by atoms with Crippen LogP contribution in [0.25, 0.3) is 0 Å². The summed E-state index contributed by atoms with van der Waals surface area (Å²) in [6, 6.07) is 0. The molecule has 2 N–H and O–H groups in total. The van der Waals surface area contributed by atoms with Crippen molar-refractivity contribution in [3.8, 4) is 0 Å². The zero-order valence-electron chi connectivity index (χ0n) is 9.04. The van der Waals surface area contributed by atoms with Crippen LogP contribution in [0.3, 0.4) is 0 Å². The number of rotatable bonds is 5. The third kappa shape index (κ3) is 3.50. The first-order valence-corrected chi connectivity index (χ1v) is 5.60. The summed E-state index contributed by atoms with van der Waals surface area (Å²) in [6.07, 6.45) is 0. The van der Waals surface area contributed by atoms with Crippen LogP contribution in [0.5, 0.6) is 0 Å². The highest BCUT2D eigenvalue weighted by Gasteiger charge is 2.16. The van der Waals surface area contributed by atoms with E-state index in [2.05, 4.69) is 29.4 Å². The average molecular weight is 229 g/mol. The molecule has 1 atom stereocenters. The zero-order valence-corrected chi connectivity index (χ0v) is 9.86. The zero-order chi connectivity index (χ0) is 11.4. The fourth-order valence-electron chi connectivity index (χ4n) is 0.958. The molecule has 1 heterocycles. The fourth-order valence-corrected chi connectivity index (χ4v) is 1.71. The van der Waals surface area contributed by atoms with Gasteiger partial charge in [-0.05, 0) is 23.3 Å². The number of thioether (sulfide) groups is 1. The molecule has 6 nitrogen and oxygen atoms in total. The van der Waals surface area contributed by atoms with Crippen molar-refractivity contribution < 1.29 is 4.79 Å². The first-order valence-electron chi connectivity index (χ1n) is 4.73. The quantitative estimate of drug-likeness (QED) is 0.733. The highest BCUT2D eigenvalue weighted by atomic mass is 32.2. The Morgan fingerprint density at radius 1 is 1.53 bits per heavy atom. The summed E-state index contributed by atoms with van der Waals surface area (Å²) in [7, 11) is 0. The number of tetrazole rings is 1. The monoisotopic (exact) mass is 229 g/mol. The largest absolute Gasteiger partial charge is 0.369 e. The van der Waals surface area contributed by atoms with Crippen LogP contribution in [-0.2, 0) is 11.3 Å². The molecule has 0 aromatic carbocycles. The minimum absolute atomic E-state index is 0.318. The Kier molecular flexibility index (Phi) is 4.07. The molecule has 15 heavy (non-hydrogen) atoms. The molecular formula is C8H15N5OS. The van der Waals surface area contributed by atoms with Crippen molar-refractivity contribution in [2.75, 3.05) is 0 Å². The van der Waals surface area contributed by atoms with Gasteiger partial charge in [0, 0.05) is 6.54 Å². The molecule has 0 aliphatic heterocycles. The van der Waals surface area contributed by atoms with Gasteiger partial charge in [0.25, 0.3) is 0 Å². The average Bonchev–Trinajstić information content (AvgIpc) is 2.51. The lowest BCUT2D eigenvalue weighted by atomic mass is 10.2. The van der Waals surface area contributed by atoms with Crippen LogP contribution in [0.1, 0.15) is 20.8 Å². The van der Waals surface area contributed by atoms with E-state index in [1.54, 1.807) is 11.6 Å². The van der Waals surface area contributed by atoms with E-state index in [0.717, 1.165) is 6.54 Å². The molecule has 0 saturated heterocycles. The van der Waals surface area contributed by atoms with E-state index in [1.165, 1.54) is 11.8 Å². The molecular weight excluding hydrogens is 214 g/mol. The second-order valence-electron chi connectivity index (χ2n) is 3.70. The van der Waals surface area contributed by atoms with E-state index in [9.17, 15) is 4.79 Å². The lowest BCUT2D eigenvalue weighted by Gasteiger charge is -2.08. The topological polar surface area (TPSA) is 86.7 Å². The summed E-state index contributed by atoms with van der Waals surface area (Å²) in [5, 5.41) is 11.6. The van der Waals surface area contributed by atoms with Gasteiger partial charge in [0.2, 0.25) is 11.1 Å². The molecule has 1 aromatic heterocycles. The molecule has 0 saturated carbocycles. The van der Waals surface area contributed by atoms with E-state index >= 15 is 0 Å². The van der Waals surface area contributed by atoms with Gasteiger partial charge in [0.15, 0.2) is 0 Å². The molecule has 0 bridgehead atoms. The molecule has 0 spiro atoms. The summed E-state index contributed by atoms with van der Waals surface area (Å²) in [6.45, 7) is 6.63. The predicted molar refractivity (Wildman–Crippen MR) is 57.2 cm³/mol. The first kappa shape index (κ1) is 12.0. The standard InChI is InChI=1S/C8H15N5OS/c1-5(2)4-13-8(10-11-12-13)15-6(3)7(9)14/h5-6H,4H2,1-3H3,(H2,9,14)/t6-/m1/s1. The number of aromatic nitrogens is 4. The number of carbonyl (C=O) groups is 1. The minimum atomic E-state index is -0.362. The number of primary amides is 1. The van der Waals surface area contributed by atoms with Crippen LogP contribution in [0.15, 0.2) is 5.16 Å². The Hall–Kier alpha value is -1.11. The van der Waals surface area contributed by atoms with Gasteiger partial charge in [0.1, 0.15) is 0 Å². The van der Waals surface area contributed by atoms with Crippen LogP contribution >= 0.6 is 11.8 Å². The SMILES string of the molecule is CC(C)Cn1nnnc1S[C@H](C)C(N)=O. The summed E-state index contributed by atoms with van der Waals surface area (Å²) < 4.78 is 1.69. The Labute approximate surface area is 92.6 Å². The van der Waals surface area contributed by atoms with E-state index in [-0.39, 0.29) is 11.2 Å². The molecule has 0 unspecified atom stereocenters. The molecule has 0 aliphatic carbocycles. The van der Waals surface area contributed by atoms with E-state index in [4.69, 9.17) is 5.73 Å². The maximum absolute atomic E-state index is 10.9. The summed E-state index contributed by atoms with van der Waals surface area (Å²) in [5.74, 6) is 0.0934. The summed E-state index contributed by atoms with van der Waals surface area (Å²) >= 11 is 1.28. The second-order valence-corrected chi connectivity index (χ2v) is 5.01. The number of amides is 1. The van der Waals surface area contributed by atoms with E-state index in [0.29, 0.717) is 11.1 Å². The third-order valence-corrected chi connectivity index (χ3v) is 2.81. The highest BCUT2D eigenvalue weighted by Crippen LogP contribution is 2.20. The molecule has 1 aromatic rings. The van der Waals surface area contributed by atoms with Crippen molar-refractivity contribution in [3.05, 3.63) is 0 Å². The second kappa shape index (κ2) is 5.11. The van der Waals surface area contributed by atoms with Crippen molar-refractivity contribution in [2.45, 2.75) is 37.7 Å². The molecule has 0 aliphatic rings. The minimum Gasteiger partial charge on any atom is -0.369 e. The van der Waals surface area contributed by atoms with Gasteiger partial charge >= 0.3 is 0 Å². The van der Waals surface area contributed by atoms with Crippen molar-refractivity contribution in [1.29, 1.82) is 0 Å². The Morgan fingerprint density at radius 3 is 2.73 bits per heavy atom. The molecule has 1 amide bonds. The normalized spacial score (nSPS) is 13.1.